The number of aromatic nitrogens is 1. The predicted molar refractivity (Wildman–Crippen MR) is 51.7 cm³/mol. The zero-order valence-corrected chi connectivity index (χ0v) is 8.27. The Balaban J connectivity index is 0.00000121. The average molecular weight is 208 g/mol. The number of rotatable bonds is 2. The third kappa shape index (κ3) is 2.63. The van der Waals surface area contributed by atoms with Gasteiger partial charge in [-0.25, -0.2) is 0 Å². The van der Waals surface area contributed by atoms with Crippen LogP contribution in [0.3, 0.4) is 0 Å². The second-order valence-electron chi connectivity index (χ2n) is 2.29. The minimum Gasteiger partial charge on any atom is -0.387 e. The van der Waals surface area contributed by atoms with E-state index in [0.29, 0.717) is 17.1 Å². The molecule has 1 heterocycles. The summed E-state index contributed by atoms with van der Waals surface area (Å²) in [5.74, 6) is 0. The second kappa shape index (κ2) is 5.36. The molecule has 0 saturated heterocycles. The number of hydrogen-bond acceptors (Lipinski definition) is 2. The van der Waals surface area contributed by atoms with E-state index in [1.54, 1.807) is 18.3 Å². The number of hydrogen-bond donors (Lipinski definition) is 1. The van der Waals surface area contributed by atoms with Crippen molar-refractivity contribution in [3.63, 3.8) is 0 Å². The van der Waals surface area contributed by atoms with Crippen LogP contribution in [0.4, 0.5) is 0 Å². The molecule has 0 bridgehead atoms. The van der Waals surface area contributed by atoms with E-state index >= 15 is 0 Å². The van der Waals surface area contributed by atoms with Crippen LogP contribution in [-0.4, -0.2) is 10.1 Å². The van der Waals surface area contributed by atoms with Crippen molar-refractivity contribution in [1.29, 1.82) is 0 Å². The van der Waals surface area contributed by atoms with Crippen molar-refractivity contribution in [2.24, 2.45) is 0 Å². The summed E-state index contributed by atoms with van der Waals surface area (Å²) in [6, 6.07) is 3.47. The molecule has 1 unspecified atom stereocenters. The van der Waals surface area contributed by atoms with Gasteiger partial charge in [0.05, 0.1) is 16.8 Å². The van der Waals surface area contributed by atoms with E-state index in [-0.39, 0.29) is 12.4 Å². The van der Waals surface area contributed by atoms with Gasteiger partial charge in [0.1, 0.15) is 0 Å². The number of aliphatic hydroxyl groups is 1. The van der Waals surface area contributed by atoms with E-state index in [1.165, 1.54) is 0 Å². The Hall–Kier alpha value is -0.310. The van der Waals surface area contributed by atoms with E-state index in [0.717, 1.165) is 0 Å². The van der Waals surface area contributed by atoms with E-state index in [9.17, 15) is 5.11 Å². The minimum absolute atomic E-state index is 0. The first-order valence-corrected chi connectivity index (χ1v) is 3.92. The first kappa shape index (κ1) is 11.7. The molecule has 0 fully saturated rings. The molecule has 1 atom stereocenters. The zero-order chi connectivity index (χ0) is 8.27. The van der Waals surface area contributed by atoms with Crippen LogP contribution < -0.4 is 0 Å². The molecule has 68 valence electrons. The lowest BCUT2D eigenvalue weighted by Crippen LogP contribution is -1.98. The van der Waals surface area contributed by atoms with Gasteiger partial charge in [-0.1, -0.05) is 18.5 Å². The van der Waals surface area contributed by atoms with Crippen LogP contribution in [0.2, 0.25) is 5.02 Å². The molecular formula is C8H11Cl2NO. The molecule has 4 heteroatoms. The Morgan fingerprint density at radius 3 is 2.83 bits per heavy atom. The molecule has 0 saturated carbocycles. The Labute approximate surface area is 83.0 Å². The quantitative estimate of drug-likeness (QED) is 0.810. The maximum absolute atomic E-state index is 9.36. The van der Waals surface area contributed by atoms with Gasteiger partial charge in [0.25, 0.3) is 0 Å². The van der Waals surface area contributed by atoms with Gasteiger partial charge in [-0.05, 0) is 18.6 Å². The third-order valence-corrected chi connectivity index (χ3v) is 1.81. The highest BCUT2D eigenvalue weighted by molar-refractivity contribution is 6.31. The summed E-state index contributed by atoms with van der Waals surface area (Å²) in [5, 5.41) is 9.89. The molecule has 0 aliphatic carbocycles. The summed E-state index contributed by atoms with van der Waals surface area (Å²) in [6.45, 7) is 1.88. The summed E-state index contributed by atoms with van der Waals surface area (Å²) < 4.78 is 0. The fourth-order valence-electron chi connectivity index (χ4n) is 0.836. The molecule has 0 aliphatic rings. The fraction of sp³-hybridized carbons (Fsp3) is 0.375. The lowest BCUT2D eigenvalue weighted by Gasteiger charge is -2.07. The summed E-state index contributed by atoms with van der Waals surface area (Å²) in [5.41, 5.74) is 0.566. The predicted octanol–water partition coefficient (Wildman–Crippen LogP) is 2.60. The highest BCUT2D eigenvalue weighted by Gasteiger charge is 2.08. The van der Waals surface area contributed by atoms with Gasteiger partial charge in [0.15, 0.2) is 0 Å². The topological polar surface area (TPSA) is 33.1 Å². The lowest BCUT2D eigenvalue weighted by molar-refractivity contribution is 0.169. The fourth-order valence-corrected chi connectivity index (χ4v) is 1.08. The summed E-state index contributed by atoms with van der Waals surface area (Å²) in [4.78, 5) is 3.97. The average Bonchev–Trinajstić information content (AvgIpc) is 2.04. The van der Waals surface area contributed by atoms with Gasteiger partial charge in [0, 0.05) is 6.20 Å². The van der Waals surface area contributed by atoms with Crippen molar-refractivity contribution in [1.82, 2.24) is 4.98 Å². The molecule has 0 aliphatic heterocycles. The molecular weight excluding hydrogens is 197 g/mol. The number of pyridine rings is 1. The molecule has 0 spiro atoms. The molecule has 1 aromatic heterocycles. The molecule has 0 amide bonds. The molecule has 1 aromatic rings. The van der Waals surface area contributed by atoms with Crippen LogP contribution in [0.25, 0.3) is 0 Å². The second-order valence-corrected chi connectivity index (χ2v) is 2.70. The summed E-state index contributed by atoms with van der Waals surface area (Å²) in [7, 11) is 0. The maximum atomic E-state index is 9.36. The first-order valence-electron chi connectivity index (χ1n) is 3.54. The third-order valence-electron chi connectivity index (χ3n) is 1.49. The smallest absolute Gasteiger partial charge is 0.0972 e. The van der Waals surface area contributed by atoms with Crippen LogP contribution in [0.5, 0.6) is 0 Å². The largest absolute Gasteiger partial charge is 0.387 e. The Morgan fingerprint density at radius 1 is 1.67 bits per heavy atom. The van der Waals surface area contributed by atoms with Crippen molar-refractivity contribution >= 4 is 24.0 Å². The van der Waals surface area contributed by atoms with E-state index in [2.05, 4.69) is 4.98 Å². The molecule has 1 rings (SSSR count). The molecule has 0 radical (unpaired) electrons. The van der Waals surface area contributed by atoms with Crippen molar-refractivity contribution in [3.8, 4) is 0 Å². The monoisotopic (exact) mass is 207 g/mol. The van der Waals surface area contributed by atoms with Crippen LogP contribution in [0.15, 0.2) is 18.3 Å². The molecule has 12 heavy (non-hydrogen) atoms. The maximum Gasteiger partial charge on any atom is 0.0972 e. The highest BCUT2D eigenvalue weighted by Crippen LogP contribution is 2.21. The first-order chi connectivity index (χ1) is 5.25. The molecule has 1 N–H and O–H groups in total. The molecule has 0 aromatic carbocycles. The van der Waals surface area contributed by atoms with Crippen molar-refractivity contribution in [2.75, 3.05) is 0 Å². The Morgan fingerprint density at radius 2 is 2.33 bits per heavy atom. The van der Waals surface area contributed by atoms with Gasteiger partial charge in [0.2, 0.25) is 0 Å². The van der Waals surface area contributed by atoms with Crippen molar-refractivity contribution in [2.45, 2.75) is 19.4 Å². The molecule has 2 nitrogen and oxygen atoms in total. The van der Waals surface area contributed by atoms with Crippen LogP contribution in [-0.2, 0) is 0 Å². The van der Waals surface area contributed by atoms with Crippen LogP contribution in [0, 0.1) is 0 Å². The van der Waals surface area contributed by atoms with E-state index in [1.807, 2.05) is 6.92 Å². The van der Waals surface area contributed by atoms with E-state index < -0.39 is 6.10 Å². The standard InChI is InChI=1S/C8H10ClNO.ClH/c1-2-7(11)8-6(9)4-3-5-10-8;/h3-5,7,11H,2H2,1H3;1H. The SMILES string of the molecule is CCC(O)c1ncccc1Cl.Cl. The highest BCUT2D eigenvalue weighted by atomic mass is 35.5. The number of halogens is 2. The van der Waals surface area contributed by atoms with Crippen molar-refractivity contribution in [3.05, 3.63) is 29.0 Å². The van der Waals surface area contributed by atoms with Gasteiger partial charge in [-0.15, -0.1) is 12.4 Å². The van der Waals surface area contributed by atoms with Crippen molar-refractivity contribution < 1.29 is 5.11 Å². The van der Waals surface area contributed by atoms with Crippen LogP contribution in [0.1, 0.15) is 25.1 Å². The summed E-state index contributed by atoms with van der Waals surface area (Å²) >= 11 is 5.78. The van der Waals surface area contributed by atoms with Gasteiger partial charge in [-0.3, -0.25) is 4.98 Å². The normalized spacial score (nSPS) is 11.9. The van der Waals surface area contributed by atoms with Gasteiger partial charge in [-0.2, -0.15) is 0 Å². The zero-order valence-electron chi connectivity index (χ0n) is 6.70. The van der Waals surface area contributed by atoms with Gasteiger partial charge < -0.3 is 5.11 Å². The van der Waals surface area contributed by atoms with Gasteiger partial charge >= 0.3 is 0 Å². The Kier molecular flexibility index (Phi) is 5.22. The Bertz CT molecular complexity index is 242. The van der Waals surface area contributed by atoms with E-state index in [4.69, 9.17) is 11.6 Å². The number of aliphatic hydroxyl groups excluding tert-OH is 1. The lowest BCUT2D eigenvalue weighted by atomic mass is 10.2. The van der Waals surface area contributed by atoms with Crippen LogP contribution >= 0.6 is 24.0 Å². The minimum atomic E-state index is -0.538. The number of nitrogens with zero attached hydrogens (tertiary/aromatic N) is 1. The summed E-state index contributed by atoms with van der Waals surface area (Å²) in [6.07, 6.45) is 1.72.